The lowest BCUT2D eigenvalue weighted by Crippen LogP contribution is -2.17. The molecule has 0 aromatic carbocycles. The predicted molar refractivity (Wildman–Crippen MR) is 37.0 cm³/mol. The number of amides is 1. The third-order valence-electron chi connectivity index (χ3n) is 1.48. The van der Waals surface area contributed by atoms with E-state index in [0.717, 1.165) is 6.26 Å². The molecule has 0 fully saturated rings. The van der Waals surface area contributed by atoms with E-state index in [1.807, 2.05) is 0 Å². The van der Waals surface area contributed by atoms with Crippen LogP contribution in [0.25, 0.3) is 0 Å². The number of halogens is 3. The van der Waals surface area contributed by atoms with E-state index in [0.29, 0.717) is 0 Å². The number of aryl methyl sites for hydroxylation is 1. The molecular weight excluding hydrogens is 187 g/mol. The minimum absolute atomic E-state index is 0.0832. The molecule has 0 saturated heterocycles. The summed E-state index contributed by atoms with van der Waals surface area (Å²) in [6, 6.07) is 0. The highest BCUT2D eigenvalue weighted by molar-refractivity contribution is 5.95. The molecule has 0 aliphatic heterocycles. The van der Waals surface area contributed by atoms with Crippen LogP contribution in [0.1, 0.15) is 21.7 Å². The van der Waals surface area contributed by atoms with E-state index in [1.165, 1.54) is 6.92 Å². The number of hydrogen-bond donors (Lipinski definition) is 1. The Morgan fingerprint density at radius 2 is 2.08 bits per heavy atom. The second kappa shape index (κ2) is 2.79. The van der Waals surface area contributed by atoms with Crippen molar-refractivity contribution in [1.82, 2.24) is 0 Å². The van der Waals surface area contributed by atoms with Gasteiger partial charge in [-0.05, 0) is 6.92 Å². The highest BCUT2D eigenvalue weighted by atomic mass is 19.4. The molecule has 1 aromatic heterocycles. The number of furan rings is 1. The molecule has 0 atom stereocenters. The van der Waals surface area contributed by atoms with Gasteiger partial charge in [0.1, 0.15) is 0 Å². The fourth-order valence-corrected chi connectivity index (χ4v) is 0.959. The first kappa shape index (κ1) is 9.63. The summed E-state index contributed by atoms with van der Waals surface area (Å²) in [4.78, 5) is 10.6. The van der Waals surface area contributed by atoms with Crippen LogP contribution in [0.4, 0.5) is 13.2 Å². The highest BCUT2D eigenvalue weighted by Gasteiger charge is 2.39. The minimum atomic E-state index is -4.68. The van der Waals surface area contributed by atoms with E-state index < -0.39 is 23.4 Å². The van der Waals surface area contributed by atoms with Crippen LogP contribution in [0.5, 0.6) is 0 Å². The maximum absolute atomic E-state index is 12.1. The second-order valence-electron chi connectivity index (χ2n) is 2.48. The Hall–Kier alpha value is -1.46. The number of alkyl halides is 3. The first-order valence-electron chi connectivity index (χ1n) is 3.29. The van der Waals surface area contributed by atoms with Crippen LogP contribution in [0.15, 0.2) is 10.7 Å². The van der Waals surface area contributed by atoms with E-state index in [9.17, 15) is 18.0 Å². The summed E-state index contributed by atoms with van der Waals surface area (Å²) >= 11 is 0. The maximum Gasteiger partial charge on any atom is 0.450 e. The zero-order valence-electron chi connectivity index (χ0n) is 6.61. The Morgan fingerprint density at radius 3 is 2.38 bits per heavy atom. The van der Waals surface area contributed by atoms with Crippen LogP contribution < -0.4 is 5.73 Å². The summed E-state index contributed by atoms with van der Waals surface area (Å²) in [5, 5.41) is 0. The van der Waals surface area contributed by atoms with Crippen molar-refractivity contribution >= 4 is 5.91 Å². The van der Waals surface area contributed by atoms with Crippen LogP contribution in [-0.4, -0.2) is 5.91 Å². The number of carbonyl (C=O) groups excluding carboxylic acids is 1. The smallest absolute Gasteiger partial charge is 0.450 e. The van der Waals surface area contributed by atoms with Gasteiger partial charge in [0, 0.05) is 5.56 Å². The van der Waals surface area contributed by atoms with Crippen LogP contribution in [0, 0.1) is 6.92 Å². The Morgan fingerprint density at radius 1 is 1.54 bits per heavy atom. The summed E-state index contributed by atoms with van der Waals surface area (Å²) in [6.07, 6.45) is -3.83. The van der Waals surface area contributed by atoms with Gasteiger partial charge in [-0.15, -0.1) is 0 Å². The molecule has 0 radical (unpaired) electrons. The molecule has 1 heterocycles. The number of primary amides is 1. The Kier molecular flexibility index (Phi) is 2.07. The molecular formula is C7H6F3NO2. The van der Waals surface area contributed by atoms with Gasteiger partial charge in [0.2, 0.25) is 5.76 Å². The Bertz CT molecular complexity index is 340. The largest absolute Gasteiger partial charge is 0.459 e. The average molecular weight is 193 g/mol. The molecule has 1 amide bonds. The van der Waals surface area contributed by atoms with Gasteiger partial charge in [-0.25, -0.2) is 0 Å². The lowest BCUT2D eigenvalue weighted by Gasteiger charge is -2.03. The average Bonchev–Trinajstić information content (AvgIpc) is 2.28. The monoisotopic (exact) mass is 193 g/mol. The van der Waals surface area contributed by atoms with Crippen LogP contribution in [0.3, 0.4) is 0 Å². The summed E-state index contributed by atoms with van der Waals surface area (Å²) in [6.45, 7) is 1.32. The van der Waals surface area contributed by atoms with Crippen LogP contribution >= 0.6 is 0 Å². The molecule has 0 saturated carbocycles. The van der Waals surface area contributed by atoms with Gasteiger partial charge < -0.3 is 10.2 Å². The predicted octanol–water partition coefficient (Wildman–Crippen LogP) is 1.71. The lowest BCUT2D eigenvalue weighted by molar-refractivity contribution is -0.153. The molecule has 3 nitrogen and oxygen atoms in total. The van der Waals surface area contributed by atoms with Crippen molar-refractivity contribution in [2.45, 2.75) is 13.1 Å². The summed E-state index contributed by atoms with van der Waals surface area (Å²) in [7, 11) is 0. The van der Waals surface area contributed by atoms with Crippen molar-refractivity contribution in [3.63, 3.8) is 0 Å². The maximum atomic E-state index is 12.1. The minimum Gasteiger partial charge on any atom is -0.459 e. The zero-order valence-corrected chi connectivity index (χ0v) is 6.61. The molecule has 0 spiro atoms. The van der Waals surface area contributed by atoms with Crippen LogP contribution in [0.2, 0.25) is 0 Å². The van der Waals surface area contributed by atoms with Crippen molar-refractivity contribution < 1.29 is 22.4 Å². The number of nitrogens with two attached hydrogens (primary N) is 1. The summed E-state index contributed by atoms with van der Waals surface area (Å²) in [5.74, 6) is -2.48. The quantitative estimate of drug-likeness (QED) is 0.737. The number of carbonyl (C=O) groups is 1. The van der Waals surface area contributed by atoms with Crippen molar-refractivity contribution in [2.75, 3.05) is 0 Å². The summed E-state index contributed by atoms with van der Waals surface area (Å²) < 4.78 is 40.6. The topological polar surface area (TPSA) is 56.2 Å². The fourth-order valence-electron chi connectivity index (χ4n) is 0.959. The first-order valence-corrected chi connectivity index (χ1v) is 3.29. The molecule has 0 aliphatic carbocycles. The molecule has 6 heteroatoms. The molecule has 1 rings (SSSR count). The molecule has 0 aliphatic rings. The fraction of sp³-hybridized carbons (Fsp3) is 0.286. The van der Waals surface area contributed by atoms with Crippen molar-refractivity contribution in [2.24, 2.45) is 5.73 Å². The molecule has 0 bridgehead atoms. The van der Waals surface area contributed by atoms with Crippen molar-refractivity contribution in [1.29, 1.82) is 0 Å². The van der Waals surface area contributed by atoms with Gasteiger partial charge in [-0.1, -0.05) is 0 Å². The summed E-state index contributed by atoms with van der Waals surface area (Å²) in [5.41, 5.74) is 4.24. The SMILES string of the molecule is Cc1coc(C(F)(F)F)c1C(N)=O. The molecule has 72 valence electrons. The van der Waals surface area contributed by atoms with E-state index in [1.54, 1.807) is 0 Å². The normalized spacial score (nSPS) is 11.7. The van der Waals surface area contributed by atoms with E-state index >= 15 is 0 Å². The molecule has 0 unspecified atom stereocenters. The Balaban J connectivity index is 3.31. The first-order chi connectivity index (χ1) is 5.84. The lowest BCUT2D eigenvalue weighted by atomic mass is 10.1. The van der Waals surface area contributed by atoms with E-state index in [4.69, 9.17) is 5.73 Å². The van der Waals surface area contributed by atoms with Gasteiger partial charge in [0.05, 0.1) is 11.8 Å². The Labute approximate surface area is 71.3 Å². The molecule has 13 heavy (non-hydrogen) atoms. The standard InChI is InChI=1S/C7H6F3NO2/c1-3-2-13-5(7(8,9)10)4(3)6(11)12/h2H,1H3,(H2,11,12). The van der Waals surface area contributed by atoms with Gasteiger partial charge in [0.15, 0.2) is 0 Å². The van der Waals surface area contributed by atoms with Crippen molar-refractivity contribution in [3.05, 3.63) is 23.2 Å². The van der Waals surface area contributed by atoms with Gasteiger partial charge in [-0.2, -0.15) is 13.2 Å². The zero-order chi connectivity index (χ0) is 10.2. The van der Waals surface area contributed by atoms with Gasteiger partial charge >= 0.3 is 6.18 Å². The van der Waals surface area contributed by atoms with Crippen LogP contribution in [-0.2, 0) is 6.18 Å². The number of rotatable bonds is 1. The van der Waals surface area contributed by atoms with Gasteiger partial charge in [0.25, 0.3) is 5.91 Å². The number of hydrogen-bond acceptors (Lipinski definition) is 2. The molecule has 2 N–H and O–H groups in total. The third kappa shape index (κ3) is 1.66. The highest BCUT2D eigenvalue weighted by Crippen LogP contribution is 2.34. The van der Waals surface area contributed by atoms with E-state index in [2.05, 4.69) is 4.42 Å². The van der Waals surface area contributed by atoms with E-state index in [-0.39, 0.29) is 5.56 Å². The second-order valence-corrected chi connectivity index (χ2v) is 2.48. The molecule has 1 aromatic rings. The van der Waals surface area contributed by atoms with Crippen molar-refractivity contribution in [3.8, 4) is 0 Å². The third-order valence-corrected chi connectivity index (χ3v) is 1.48. The van der Waals surface area contributed by atoms with Gasteiger partial charge in [-0.3, -0.25) is 4.79 Å².